The second-order valence-electron chi connectivity index (χ2n) is 7.64. The van der Waals surface area contributed by atoms with Gasteiger partial charge in [0.2, 0.25) is 11.8 Å². The van der Waals surface area contributed by atoms with Crippen LogP contribution in [0.2, 0.25) is 0 Å². The van der Waals surface area contributed by atoms with Gasteiger partial charge in [0.15, 0.2) is 0 Å². The summed E-state index contributed by atoms with van der Waals surface area (Å²) < 4.78 is 5.27. The maximum atomic E-state index is 12.5. The first-order valence-corrected chi connectivity index (χ1v) is 8.78. The van der Waals surface area contributed by atoms with Crippen LogP contribution in [0.3, 0.4) is 0 Å². The smallest absolute Gasteiger partial charge is 0.307 e. The molecule has 2 atom stereocenters. The normalized spacial score (nSPS) is 23.5. The van der Waals surface area contributed by atoms with Crippen LogP contribution in [-0.2, 0) is 14.4 Å². The third-order valence-corrected chi connectivity index (χ3v) is 5.58. The standard InChI is InChI=1S/C19H24N2O5/c1-19(2)14(15(19)18(24)25)17(23)20-11-7-8-13(26-3)12(9-11)21-16(22)10-5-4-6-10/h7-10,14-15H,4-6H2,1-3H3,(H,20,23)(H,21,22)(H,24,25)/t14-,15-/m1/s1. The molecule has 2 saturated carbocycles. The number of nitrogens with one attached hydrogen (secondary N) is 2. The summed E-state index contributed by atoms with van der Waals surface area (Å²) in [7, 11) is 1.51. The largest absolute Gasteiger partial charge is 0.495 e. The van der Waals surface area contributed by atoms with Gasteiger partial charge < -0.3 is 20.5 Å². The van der Waals surface area contributed by atoms with Gasteiger partial charge in [0.25, 0.3) is 0 Å². The molecular weight excluding hydrogens is 336 g/mol. The van der Waals surface area contributed by atoms with Gasteiger partial charge in [-0.25, -0.2) is 0 Å². The Morgan fingerprint density at radius 1 is 1.12 bits per heavy atom. The van der Waals surface area contributed by atoms with Crippen molar-refractivity contribution < 1.29 is 24.2 Å². The molecule has 140 valence electrons. The highest BCUT2D eigenvalue weighted by atomic mass is 16.5. The number of carboxylic acids is 1. The molecule has 2 fully saturated rings. The maximum Gasteiger partial charge on any atom is 0.307 e. The fourth-order valence-electron chi connectivity index (χ4n) is 3.60. The van der Waals surface area contributed by atoms with Gasteiger partial charge in [-0.15, -0.1) is 0 Å². The zero-order chi connectivity index (χ0) is 19.1. The molecule has 0 heterocycles. The molecule has 0 radical (unpaired) electrons. The number of carbonyl (C=O) groups is 3. The van der Waals surface area contributed by atoms with Gasteiger partial charge in [0.1, 0.15) is 5.75 Å². The predicted molar refractivity (Wildman–Crippen MR) is 96.0 cm³/mol. The SMILES string of the molecule is COc1ccc(NC(=O)[C@H]2[C@H](C(=O)O)C2(C)C)cc1NC(=O)C1CCC1. The molecule has 0 aromatic heterocycles. The average molecular weight is 360 g/mol. The summed E-state index contributed by atoms with van der Waals surface area (Å²) in [6, 6.07) is 4.97. The van der Waals surface area contributed by atoms with E-state index in [2.05, 4.69) is 10.6 Å². The van der Waals surface area contributed by atoms with Gasteiger partial charge in [-0.1, -0.05) is 20.3 Å². The molecule has 3 rings (SSSR count). The quantitative estimate of drug-likeness (QED) is 0.723. The lowest BCUT2D eigenvalue weighted by molar-refractivity contribution is -0.140. The van der Waals surface area contributed by atoms with E-state index in [0.29, 0.717) is 17.1 Å². The summed E-state index contributed by atoms with van der Waals surface area (Å²) in [5.74, 6) is -2.06. The molecule has 2 aliphatic carbocycles. The predicted octanol–water partition coefficient (Wildman–Crippen LogP) is 2.73. The van der Waals surface area contributed by atoms with E-state index < -0.39 is 23.2 Å². The van der Waals surface area contributed by atoms with Crippen molar-refractivity contribution in [2.24, 2.45) is 23.2 Å². The van der Waals surface area contributed by atoms with E-state index in [1.165, 1.54) is 7.11 Å². The van der Waals surface area contributed by atoms with E-state index in [4.69, 9.17) is 4.74 Å². The first-order chi connectivity index (χ1) is 12.3. The molecule has 2 aliphatic rings. The Kier molecular flexibility index (Phi) is 4.64. The second kappa shape index (κ2) is 6.63. The second-order valence-corrected chi connectivity index (χ2v) is 7.64. The number of carbonyl (C=O) groups excluding carboxylic acids is 2. The van der Waals surface area contributed by atoms with Crippen LogP contribution in [0.25, 0.3) is 0 Å². The Labute approximate surface area is 152 Å². The van der Waals surface area contributed by atoms with E-state index >= 15 is 0 Å². The molecule has 2 amide bonds. The van der Waals surface area contributed by atoms with Gasteiger partial charge >= 0.3 is 5.97 Å². The summed E-state index contributed by atoms with van der Waals surface area (Å²) in [6.45, 7) is 3.54. The Morgan fingerprint density at radius 3 is 2.31 bits per heavy atom. The van der Waals surface area contributed by atoms with Crippen molar-refractivity contribution in [1.29, 1.82) is 0 Å². The molecule has 0 spiro atoms. The lowest BCUT2D eigenvalue weighted by Gasteiger charge is -2.24. The van der Waals surface area contributed by atoms with Crippen molar-refractivity contribution >= 4 is 29.2 Å². The van der Waals surface area contributed by atoms with E-state index in [9.17, 15) is 19.5 Å². The average Bonchev–Trinajstić information content (AvgIpc) is 3.09. The molecule has 0 saturated heterocycles. The summed E-state index contributed by atoms with van der Waals surface area (Å²) in [5, 5.41) is 14.8. The number of hydrogen-bond acceptors (Lipinski definition) is 4. The highest BCUT2D eigenvalue weighted by Crippen LogP contribution is 2.58. The van der Waals surface area contributed by atoms with Crippen molar-refractivity contribution in [3.05, 3.63) is 18.2 Å². The molecule has 0 aliphatic heterocycles. The maximum absolute atomic E-state index is 12.5. The first kappa shape index (κ1) is 18.2. The summed E-state index contributed by atoms with van der Waals surface area (Å²) in [6.07, 6.45) is 2.84. The highest BCUT2D eigenvalue weighted by Gasteiger charge is 2.65. The van der Waals surface area contributed by atoms with Gasteiger partial charge in [-0.2, -0.15) is 0 Å². The summed E-state index contributed by atoms with van der Waals surface area (Å²) in [5.41, 5.74) is 0.419. The highest BCUT2D eigenvalue weighted by molar-refractivity contribution is 6.01. The van der Waals surface area contributed by atoms with Crippen LogP contribution >= 0.6 is 0 Å². The number of hydrogen-bond donors (Lipinski definition) is 3. The third-order valence-electron chi connectivity index (χ3n) is 5.58. The van der Waals surface area contributed by atoms with E-state index in [-0.39, 0.29) is 17.7 Å². The summed E-state index contributed by atoms with van der Waals surface area (Å²) >= 11 is 0. The monoisotopic (exact) mass is 360 g/mol. The number of anilines is 2. The fourth-order valence-corrected chi connectivity index (χ4v) is 3.60. The van der Waals surface area contributed by atoms with Crippen LogP contribution in [0.4, 0.5) is 11.4 Å². The number of amides is 2. The molecule has 0 unspecified atom stereocenters. The van der Waals surface area contributed by atoms with Crippen LogP contribution in [-0.4, -0.2) is 30.0 Å². The number of methoxy groups -OCH3 is 1. The van der Waals surface area contributed by atoms with Crippen molar-refractivity contribution in [3.63, 3.8) is 0 Å². The van der Waals surface area contributed by atoms with Crippen LogP contribution in [0.1, 0.15) is 33.1 Å². The van der Waals surface area contributed by atoms with Crippen molar-refractivity contribution in [1.82, 2.24) is 0 Å². The Morgan fingerprint density at radius 2 is 1.81 bits per heavy atom. The van der Waals surface area contributed by atoms with Gasteiger partial charge in [0, 0.05) is 11.6 Å². The number of ether oxygens (including phenoxy) is 1. The summed E-state index contributed by atoms with van der Waals surface area (Å²) in [4.78, 5) is 35.9. The minimum atomic E-state index is -0.960. The minimum Gasteiger partial charge on any atom is -0.495 e. The van der Waals surface area contributed by atoms with Crippen LogP contribution < -0.4 is 15.4 Å². The van der Waals surface area contributed by atoms with Crippen LogP contribution in [0.15, 0.2) is 18.2 Å². The van der Waals surface area contributed by atoms with Crippen LogP contribution in [0.5, 0.6) is 5.75 Å². The van der Waals surface area contributed by atoms with E-state index in [0.717, 1.165) is 19.3 Å². The van der Waals surface area contributed by atoms with E-state index in [1.54, 1.807) is 32.0 Å². The van der Waals surface area contributed by atoms with Crippen molar-refractivity contribution in [2.75, 3.05) is 17.7 Å². The zero-order valence-electron chi connectivity index (χ0n) is 15.2. The molecule has 3 N–H and O–H groups in total. The number of carboxylic acid groups (broad SMARTS) is 1. The van der Waals surface area contributed by atoms with Crippen LogP contribution in [0, 0.1) is 23.2 Å². The molecular formula is C19H24N2O5. The Bertz CT molecular complexity index is 754. The van der Waals surface area contributed by atoms with E-state index in [1.807, 2.05) is 0 Å². The lowest BCUT2D eigenvalue weighted by atomic mass is 9.85. The molecule has 0 bridgehead atoms. The van der Waals surface area contributed by atoms with Crippen molar-refractivity contribution in [2.45, 2.75) is 33.1 Å². The molecule has 7 heteroatoms. The topological polar surface area (TPSA) is 105 Å². The molecule has 7 nitrogen and oxygen atoms in total. The van der Waals surface area contributed by atoms with Gasteiger partial charge in [-0.3, -0.25) is 14.4 Å². The molecule has 1 aromatic carbocycles. The van der Waals surface area contributed by atoms with Gasteiger partial charge in [-0.05, 0) is 36.5 Å². The fraction of sp³-hybridized carbons (Fsp3) is 0.526. The third kappa shape index (κ3) is 3.25. The van der Waals surface area contributed by atoms with Crippen molar-refractivity contribution in [3.8, 4) is 5.75 Å². The number of rotatable bonds is 6. The Balaban J connectivity index is 1.72. The van der Waals surface area contributed by atoms with Gasteiger partial charge in [0.05, 0.1) is 24.6 Å². The number of aliphatic carboxylic acids is 1. The molecule has 1 aromatic rings. The minimum absolute atomic E-state index is 0.0292. The molecule has 26 heavy (non-hydrogen) atoms. The Hall–Kier alpha value is -2.57. The first-order valence-electron chi connectivity index (χ1n) is 8.78. The lowest BCUT2D eigenvalue weighted by Crippen LogP contribution is -2.28. The number of benzene rings is 1. The zero-order valence-corrected chi connectivity index (χ0v) is 15.2.